The number of carbonyl (C=O) groups is 2. The summed E-state index contributed by atoms with van der Waals surface area (Å²) >= 11 is 0. The molecule has 2 aliphatic rings. The second-order valence-corrected chi connectivity index (χ2v) is 7.35. The molecule has 0 aliphatic carbocycles. The molecule has 2 aromatic rings. The molecule has 6 heteroatoms. The predicted molar refractivity (Wildman–Crippen MR) is 104 cm³/mol. The van der Waals surface area contributed by atoms with Gasteiger partial charge in [-0.15, -0.1) is 0 Å². The minimum atomic E-state index is -0.310. The van der Waals surface area contributed by atoms with Gasteiger partial charge in [-0.25, -0.2) is 4.79 Å². The van der Waals surface area contributed by atoms with Crippen molar-refractivity contribution >= 4 is 12.0 Å². The summed E-state index contributed by atoms with van der Waals surface area (Å²) in [6.07, 6.45) is 0.179. The molecule has 0 bridgehead atoms. The molecule has 4 rings (SSSR count). The van der Waals surface area contributed by atoms with Gasteiger partial charge < -0.3 is 19.3 Å². The first-order valence-corrected chi connectivity index (χ1v) is 9.52. The molecule has 0 N–H and O–H groups in total. The Morgan fingerprint density at radius 3 is 2.50 bits per heavy atom. The molecule has 2 atom stereocenters. The zero-order chi connectivity index (χ0) is 19.5. The van der Waals surface area contributed by atoms with Crippen LogP contribution in [0, 0.1) is 5.92 Å². The van der Waals surface area contributed by atoms with E-state index < -0.39 is 0 Å². The minimum Gasteiger partial charge on any atom is -0.497 e. The molecule has 0 radical (unpaired) electrons. The Labute approximate surface area is 164 Å². The first kappa shape index (κ1) is 18.3. The lowest BCUT2D eigenvalue weighted by Gasteiger charge is -2.25. The number of hydrogen-bond acceptors (Lipinski definition) is 4. The van der Waals surface area contributed by atoms with Crippen molar-refractivity contribution in [3.05, 3.63) is 65.7 Å². The van der Waals surface area contributed by atoms with Crippen LogP contribution >= 0.6 is 0 Å². The van der Waals surface area contributed by atoms with Crippen molar-refractivity contribution in [3.8, 4) is 5.75 Å². The predicted octanol–water partition coefficient (Wildman–Crippen LogP) is 3.06. The number of hydrogen-bond donors (Lipinski definition) is 0. The fourth-order valence-corrected chi connectivity index (χ4v) is 4.03. The molecular weight excluding hydrogens is 356 g/mol. The molecule has 28 heavy (non-hydrogen) atoms. The van der Waals surface area contributed by atoms with Gasteiger partial charge in [-0.2, -0.15) is 0 Å². The van der Waals surface area contributed by atoms with Crippen molar-refractivity contribution in [2.75, 3.05) is 20.2 Å². The van der Waals surface area contributed by atoms with Crippen LogP contribution in [-0.4, -0.2) is 48.0 Å². The molecule has 0 unspecified atom stereocenters. The molecular formula is C22H24N2O4. The molecule has 2 heterocycles. The summed E-state index contributed by atoms with van der Waals surface area (Å²) in [4.78, 5) is 28.6. The normalized spacial score (nSPS) is 21.0. The lowest BCUT2D eigenvalue weighted by molar-refractivity contribution is -0.129. The summed E-state index contributed by atoms with van der Waals surface area (Å²) in [6, 6.07) is 17.4. The van der Waals surface area contributed by atoms with Crippen LogP contribution in [0.3, 0.4) is 0 Å². The zero-order valence-corrected chi connectivity index (χ0v) is 15.9. The number of likely N-dealkylation sites (tertiary alicyclic amines) is 2. The molecule has 0 aromatic heterocycles. The summed E-state index contributed by atoms with van der Waals surface area (Å²) in [6.45, 7) is 1.92. The number of rotatable bonds is 5. The Hall–Kier alpha value is -3.02. The SMILES string of the molecule is COc1ccc(CN2C(=O)C[C@H]3CN(C(=O)OCc4ccccc4)C[C@H]32)cc1. The van der Waals surface area contributed by atoms with Gasteiger partial charge in [-0.05, 0) is 23.3 Å². The van der Waals surface area contributed by atoms with Crippen LogP contribution in [0.2, 0.25) is 0 Å². The van der Waals surface area contributed by atoms with Gasteiger partial charge >= 0.3 is 6.09 Å². The molecule has 2 aromatic carbocycles. The van der Waals surface area contributed by atoms with E-state index in [2.05, 4.69) is 0 Å². The van der Waals surface area contributed by atoms with E-state index >= 15 is 0 Å². The average molecular weight is 380 g/mol. The van der Waals surface area contributed by atoms with Crippen LogP contribution in [0.1, 0.15) is 17.5 Å². The van der Waals surface area contributed by atoms with Crippen LogP contribution in [0.4, 0.5) is 4.79 Å². The van der Waals surface area contributed by atoms with E-state index in [-0.39, 0.29) is 30.6 Å². The fraction of sp³-hybridized carbons (Fsp3) is 0.364. The molecule has 2 saturated heterocycles. The van der Waals surface area contributed by atoms with Gasteiger partial charge in [0, 0.05) is 32.0 Å². The van der Waals surface area contributed by atoms with Crippen molar-refractivity contribution in [2.24, 2.45) is 5.92 Å². The highest BCUT2D eigenvalue weighted by Gasteiger charge is 2.47. The van der Waals surface area contributed by atoms with Gasteiger partial charge in [0.05, 0.1) is 13.2 Å². The van der Waals surface area contributed by atoms with E-state index in [1.165, 1.54) is 0 Å². The maximum atomic E-state index is 12.5. The number of nitrogens with zero attached hydrogens (tertiary/aromatic N) is 2. The van der Waals surface area contributed by atoms with Gasteiger partial charge in [0.25, 0.3) is 0 Å². The van der Waals surface area contributed by atoms with Gasteiger partial charge in [0.1, 0.15) is 12.4 Å². The highest BCUT2D eigenvalue weighted by molar-refractivity contribution is 5.80. The number of fused-ring (bicyclic) bond motifs is 1. The Kier molecular flexibility index (Phi) is 5.19. The second kappa shape index (κ2) is 7.92. The Bertz CT molecular complexity index is 837. The first-order chi connectivity index (χ1) is 13.6. The molecule has 146 valence electrons. The standard InChI is InChI=1S/C22H24N2O4/c1-27-19-9-7-16(8-10-19)12-24-20-14-23(13-18(20)11-21(24)25)22(26)28-15-17-5-3-2-4-6-17/h2-10,18,20H,11-15H2,1H3/t18-,20+/m0/s1. The first-order valence-electron chi connectivity index (χ1n) is 9.52. The monoisotopic (exact) mass is 380 g/mol. The third-order valence-corrected chi connectivity index (χ3v) is 5.54. The molecule has 2 fully saturated rings. The van der Waals surface area contributed by atoms with E-state index in [0.717, 1.165) is 16.9 Å². The van der Waals surface area contributed by atoms with Crippen molar-refractivity contribution in [3.63, 3.8) is 0 Å². The summed E-state index contributed by atoms with van der Waals surface area (Å²) < 4.78 is 10.6. The Balaban J connectivity index is 1.36. The molecule has 2 amide bonds. The molecule has 6 nitrogen and oxygen atoms in total. The molecule has 2 aliphatic heterocycles. The van der Waals surface area contributed by atoms with Crippen LogP contribution in [-0.2, 0) is 22.7 Å². The smallest absolute Gasteiger partial charge is 0.410 e. The van der Waals surface area contributed by atoms with Crippen molar-refractivity contribution < 1.29 is 19.1 Å². The summed E-state index contributed by atoms with van der Waals surface area (Å²) in [5.74, 6) is 1.13. The van der Waals surface area contributed by atoms with Gasteiger partial charge in [-0.1, -0.05) is 42.5 Å². The van der Waals surface area contributed by atoms with E-state index in [0.29, 0.717) is 26.1 Å². The van der Waals surface area contributed by atoms with E-state index in [4.69, 9.17) is 9.47 Å². The number of amides is 2. The number of methoxy groups -OCH3 is 1. The van der Waals surface area contributed by atoms with E-state index in [1.54, 1.807) is 12.0 Å². The summed E-state index contributed by atoms with van der Waals surface area (Å²) in [5.41, 5.74) is 2.02. The molecule has 0 spiro atoms. The van der Waals surface area contributed by atoms with E-state index in [9.17, 15) is 9.59 Å². The Morgan fingerprint density at radius 2 is 1.79 bits per heavy atom. The molecule has 0 saturated carbocycles. The third-order valence-electron chi connectivity index (χ3n) is 5.54. The average Bonchev–Trinajstić information content (AvgIpc) is 3.26. The van der Waals surface area contributed by atoms with Crippen molar-refractivity contribution in [1.82, 2.24) is 9.80 Å². The highest BCUT2D eigenvalue weighted by atomic mass is 16.6. The lowest BCUT2D eigenvalue weighted by atomic mass is 10.0. The highest BCUT2D eigenvalue weighted by Crippen LogP contribution is 2.34. The Morgan fingerprint density at radius 1 is 1.04 bits per heavy atom. The lowest BCUT2D eigenvalue weighted by Crippen LogP contribution is -2.39. The van der Waals surface area contributed by atoms with Crippen LogP contribution < -0.4 is 4.74 Å². The van der Waals surface area contributed by atoms with Crippen molar-refractivity contribution in [2.45, 2.75) is 25.6 Å². The van der Waals surface area contributed by atoms with Crippen LogP contribution in [0.15, 0.2) is 54.6 Å². The largest absolute Gasteiger partial charge is 0.497 e. The zero-order valence-electron chi connectivity index (χ0n) is 15.9. The minimum absolute atomic E-state index is 0.0545. The van der Waals surface area contributed by atoms with Gasteiger partial charge in [0.2, 0.25) is 5.91 Å². The third kappa shape index (κ3) is 3.81. The van der Waals surface area contributed by atoms with Crippen molar-refractivity contribution in [1.29, 1.82) is 0 Å². The van der Waals surface area contributed by atoms with Crippen LogP contribution in [0.25, 0.3) is 0 Å². The van der Waals surface area contributed by atoms with Crippen LogP contribution in [0.5, 0.6) is 5.75 Å². The van der Waals surface area contributed by atoms with Gasteiger partial charge in [-0.3, -0.25) is 4.79 Å². The number of carbonyl (C=O) groups excluding carboxylic acids is 2. The number of ether oxygens (including phenoxy) is 2. The summed E-state index contributed by atoms with van der Waals surface area (Å²) in [5, 5.41) is 0. The topological polar surface area (TPSA) is 59.1 Å². The quantitative estimate of drug-likeness (QED) is 0.800. The maximum absolute atomic E-state index is 12.5. The second-order valence-electron chi connectivity index (χ2n) is 7.35. The number of benzene rings is 2. The summed E-state index contributed by atoms with van der Waals surface area (Å²) in [7, 11) is 1.63. The maximum Gasteiger partial charge on any atom is 0.410 e. The fourth-order valence-electron chi connectivity index (χ4n) is 4.03. The van der Waals surface area contributed by atoms with E-state index in [1.807, 2.05) is 59.5 Å². The van der Waals surface area contributed by atoms with Gasteiger partial charge in [0.15, 0.2) is 0 Å².